The van der Waals surface area contributed by atoms with Crippen molar-refractivity contribution in [1.82, 2.24) is 19.9 Å². The van der Waals surface area contributed by atoms with Crippen LogP contribution in [-0.4, -0.2) is 44.8 Å². The van der Waals surface area contributed by atoms with Gasteiger partial charge in [-0.05, 0) is 49.2 Å². The average Bonchev–Trinajstić information content (AvgIpc) is 2.83. The fraction of sp³-hybridized carbons (Fsp3) is 0.261. The third-order valence-corrected chi connectivity index (χ3v) is 5.46. The zero-order chi connectivity index (χ0) is 23.2. The Morgan fingerprint density at radius 3 is 2.61 bits per heavy atom. The maximum Gasteiger partial charge on any atom is 0.311 e. The quantitative estimate of drug-likeness (QED) is 0.529. The van der Waals surface area contributed by atoms with Gasteiger partial charge in [0.05, 0.1) is 5.92 Å². The molecule has 1 amide bonds. The van der Waals surface area contributed by atoms with E-state index in [0.29, 0.717) is 36.5 Å². The lowest BCUT2D eigenvalue weighted by Gasteiger charge is -2.31. The van der Waals surface area contributed by atoms with Gasteiger partial charge in [0.1, 0.15) is 0 Å². The summed E-state index contributed by atoms with van der Waals surface area (Å²) >= 11 is 5.90. The van der Waals surface area contributed by atoms with E-state index in [0.717, 1.165) is 5.69 Å². The molecule has 0 aliphatic carbocycles. The first-order chi connectivity index (χ1) is 16.0. The highest BCUT2D eigenvalue weighted by Crippen LogP contribution is 2.21. The summed E-state index contributed by atoms with van der Waals surface area (Å²) in [7, 11) is 0. The SMILES string of the molecule is Nc1nc(COC(=O)[C@H]2CCCN(C(=O)c3ccc(Cl)cc3)C2)nc(Nc2ccccc2)n1. The number of piperidine rings is 1. The second-order valence-corrected chi connectivity index (χ2v) is 8.07. The minimum absolute atomic E-state index is 0.0203. The standard InChI is InChI=1S/C23H23ClN6O3/c24-17-10-8-15(9-11-17)20(31)30-12-4-5-16(13-30)21(32)33-14-19-27-22(25)29-23(28-19)26-18-6-2-1-3-7-18/h1-3,6-11,16H,4-5,12-14H2,(H3,25,26,27,28,29)/t16-/m0/s1. The van der Waals surface area contributed by atoms with Crippen LogP contribution in [-0.2, 0) is 16.1 Å². The summed E-state index contributed by atoms with van der Waals surface area (Å²) in [6, 6.07) is 16.1. The molecule has 0 bridgehead atoms. The van der Waals surface area contributed by atoms with E-state index in [1.165, 1.54) is 0 Å². The second-order valence-electron chi connectivity index (χ2n) is 7.63. The van der Waals surface area contributed by atoms with E-state index < -0.39 is 11.9 Å². The molecule has 3 N–H and O–H groups in total. The molecule has 1 aromatic heterocycles. The van der Waals surface area contributed by atoms with Gasteiger partial charge in [-0.25, -0.2) is 0 Å². The van der Waals surface area contributed by atoms with E-state index >= 15 is 0 Å². The molecule has 2 aromatic carbocycles. The van der Waals surface area contributed by atoms with E-state index in [2.05, 4.69) is 20.3 Å². The number of anilines is 3. The molecule has 1 aliphatic heterocycles. The number of nitrogens with one attached hydrogen (secondary N) is 1. The van der Waals surface area contributed by atoms with E-state index in [1.54, 1.807) is 29.2 Å². The Balaban J connectivity index is 1.35. The number of esters is 1. The molecule has 1 aliphatic rings. The summed E-state index contributed by atoms with van der Waals surface area (Å²) in [5, 5.41) is 3.60. The molecular formula is C23H23ClN6O3. The fourth-order valence-electron chi connectivity index (χ4n) is 3.59. The van der Waals surface area contributed by atoms with Crippen molar-refractivity contribution in [2.75, 3.05) is 24.1 Å². The zero-order valence-electron chi connectivity index (χ0n) is 17.8. The Bertz CT molecular complexity index is 1130. The molecule has 33 heavy (non-hydrogen) atoms. The first-order valence-corrected chi connectivity index (χ1v) is 10.9. The van der Waals surface area contributed by atoms with Crippen molar-refractivity contribution in [2.45, 2.75) is 19.4 Å². The summed E-state index contributed by atoms with van der Waals surface area (Å²) in [6.07, 6.45) is 1.35. The number of nitrogen functional groups attached to an aromatic ring is 1. The van der Waals surface area contributed by atoms with Crippen LogP contribution in [0.3, 0.4) is 0 Å². The lowest BCUT2D eigenvalue weighted by Crippen LogP contribution is -2.42. The van der Waals surface area contributed by atoms with Crippen molar-refractivity contribution in [1.29, 1.82) is 0 Å². The highest BCUT2D eigenvalue weighted by molar-refractivity contribution is 6.30. The number of carbonyl (C=O) groups excluding carboxylic acids is 2. The van der Waals surface area contributed by atoms with E-state index in [4.69, 9.17) is 22.1 Å². The number of nitrogens with zero attached hydrogens (tertiary/aromatic N) is 4. The van der Waals surface area contributed by atoms with Crippen molar-refractivity contribution in [3.63, 3.8) is 0 Å². The molecular weight excluding hydrogens is 444 g/mol. The molecule has 4 rings (SSSR count). The van der Waals surface area contributed by atoms with Crippen LogP contribution in [0.5, 0.6) is 0 Å². The van der Waals surface area contributed by atoms with Crippen LogP contribution >= 0.6 is 11.6 Å². The number of nitrogens with two attached hydrogens (primary N) is 1. The van der Waals surface area contributed by atoms with Gasteiger partial charge in [0, 0.05) is 29.4 Å². The van der Waals surface area contributed by atoms with Crippen molar-refractivity contribution >= 4 is 41.1 Å². The van der Waals surface area contributed by atoms with Crippen molar-refractivity contribution < 1.29 is 14.3 Å². The molecule has 10 heteroatoms. The number of para-hydroxylation sites is 1. The largest absolute Gasteiger partial charge is 0.457 e. The Labute approximate surface area is 196 Å². The van der Waals surface area contributed by atoms with Gasteiger partial charge in [0.25, 0.3) is 5.91 Å². The second kappa shape index (κ2) is 10.3. The minimum atomic E-state index is -0.420. The van der Waals surface area contributed by atoms with Crippen molar-refractivity contribution in [3.8, 4) is 0 Å². The normalized spacial score (nSPS) is 15.7. The zero-order valence-corrected chi connectivity index (χ0v) is 18.5. The van der Waals surface area contributed by atoms with Gasteiger partial charge in [0.2, 0.25) is 11.9 Å². The number of hydrogen-bond donors (Lipinski definition) is 2. The highest BCUT2D eigenvalue weighted by atomic mass is 35.5. The summed E-state index contributed by atoms with van der Waals surface area (Å²) < 4.78 is 5.45. The highest BCUT2D eigenvalue weighted by Gasteiger charge is 2.30. The molecule has 0 radical (unpaired) electrons. The number of likely N-dealkylation sites (tertiary alicyclic amines) is 1. The van der Waals surface area contributed by atoms with Crippen LogP contribution in [0.1, 0.15) is 29.0 Å². The first-order valence-electron chi connectivity index (χ1n) is 10.5. The van der Waals surface area contributed by atoms with Crippen LogP contribution in [0.2, 0.25) is 5.02 Å². The van der Waals surface area contributed by atoms with Crippen LogP contribution in [0.15, 0.2) is 54.6 Å². The van der Waals surface area contributed by atoms with Crippen molar-refractivity contribution in [2.24, 2.45) is 5.92 Å². The molecule has 0 spiro atoms. The number of aromatic nitrogens is 3. The van der Waals surface area contributed by atoms with Crippen LogP contribution < -0.4 is 11.1 Å². The summed E-state index contributed by atoms with van der Waals surface area (Å²) in [5.41, 5.74) is 7.11. The topological polar surface area (TPSA) is 123 Å². The van der Waals surface area contributed by atoms with Gasteiger partial charge in [-0.1, -0.05) is 29.8 Å². The van der Waals surface area contributed by atoms with E-state index in [1.807, 2.05) is 30.3 Å². The van der Waals surface area contributed by atoms with Gasteiger partial charge in [-0.3, -0.25) is 9.59 Å². The molecule has 170 valence electrons. The third-order valence-electron chi connectivity index (χ3n) is 5.21. The molecule has 3 aromatic rings. The molecule has 1 fully saturated rings. The molecule has 0 saturated carbocycles. The van der Waals surface area contributed by atoms with Gasteiger partial charge in [-0.15, -0.1) is 0 Å². The number of amides is 1. The van der Waals surface area contributed by atoms with Crippen molar-refractivity contribution in [3.05, 3.63) is 71.0 Å². The van der Waals surface area contributed by atoms with E-state index in [9.17, 15) is 9.59 Å². The predicted molar refractivity (Wildman–Crippen MR) is 124 cm³/mol. The smallest absolute Gasteiger partial charge is 0.311 e. The Kier molecular flexibility index (Phi) is 6.99. The van der Waals surface area contributed by atoms with Crippen LogP contribution in [0.4, 0.5) is 17.6 Å². The summed E-state index contributed by atoms with van der Waals surface area (Å²) in [6.45, 7) is 0.737. The average molecular weight is 467 g/mol. The maximum atomic E-state index is 12.8. The lowest BCUT2D eigenvalue weighted by atomic mass is 9.97. The fourth-order valence-corrected chi connectivity index (χ4v) is 3.72. The number of rotatable bonds is 6. The maximum absolute atomic E-state index is 12.8. The van der Waals surface area contributed by atoms with Gasteiger partial charge in [0.15, 0.2) is 12.4 Å². The first kappa shape index (κ1) is 22.5. The predicted octanol–water partition coefficient (Wildman–Crippen LogP) is 3.45. The molecule has 1 atom stereocenters. The number of ether oxygens (including phenoxy) is 1. The number of halogens is 1. The van der Waals surface area contributed by atoms with E-state index in [-0.39, 0.29) is 30.2 Å². The molecule has 2 heterocycles. The van der Waals surface area contributed by atoms with Crippen LogP contribution in [0.25, 0.3) is 0 Å². The van der Waals surface area contributed by atoms with Crippen LogP contribution in [0, 0.1) is 5.92 Å². The van der Waals surface area contributed by atoms with Gasteiger partial charge in [-0.2, -0.15) is 15.0 Å². The monoisotopic (exact) mass is 466 g/mol. The minimum Gasteiger partial charge on any atom is -0.457 e. The number of hydrogen-bond acceptors (Lipinski definition) is 8. The Morgan fingerprint density at radius 1 is 1.09 bits per heavy atom. The third kappa shape index (κ3) is 5.95. The van der Waals surface area contributed by atoms with Gasteiger partial charge < -0.3 is 20.7 Å². The Morgan fingerprint density at radius 2 is 1.85 bits per heavy atom. The van der Waals surface area contributed by atoms with Gasteiger partial charge >= 0.3 is 5.97 Å². The Hall–Kier alpha value is -3.72. The summed E-state index contributed by atoms with van der Waals surface area (Å²) in [4.78, 5) is 39.5. The molecule has 9 nitrogen and oxygen atoms in total. The number of carbonyl (C=O) groups is 2. The lowest BCUT2D eigenvalue weighted by molar-refractivity contribution is -0.151. The summed E-state index contributed by atoms with van der Waals surface area (Å²) in [5.74, 6) is -0.439. The number of benzene rings is 2. The molecule has 0 unspecified atom stereocenters. The molecule has 1 saturated heterocycles.